The largest absolute Gasteiger partial charge is 0.431 e. The number of aryl methyl sites for hydroxylation is 1. The molecule has 0 spiro atoms. The minimum absolute atomic E-state index is 0.0139. The van der Waals surface area contributed by atoms with E-state index in [4.69, 9.17) is 4.42 Å². The Morgan fingerprint density at radius 1 is 0.903 bits per heavy atom. The van der Waals surface area contributed by atoms with Crippen molar-refractivity contribution in [3.63, 3.8) is 0 Å². The molecule has 156 valence electrons. The van der Waals surface area contributed by atoms with E-state index in [0.29, 0.717) is 5.69 Å². The van der Waals surface area contributed by atoms with Crippen molar-refractivity contribution in [2.75, 3.05) is 10.0 Å². The van der Waals surface area contributed by atoms with Crippen molar-refractivity contribution >= 4 is 27.6 Å². The van der Waals surface area contributed by atoms with E-state index in [0.717, 1.165) is 11.1 Å². The van der Waals surface area contributed by atoms with Crippen LogP contribution in [0.4, 0.5) is 11.7 Å². The highest BCUT2D eigenvalue weighted by Gasteiger charge is 2.19. The molecule has 0 aliphatic carbocycles. The lowest BCUT2D eigenvalue weighted by Gasteiger charge is -2.12. The summed E-state index contributed by atoms with van der Waals surface area (Å²) in [4.78, 5) is 17.2. The van der Waals surface area contributed by atoms with Crippen molar-refractivity contribution in [2.45, 2.75) is 11.8 Å². The van der Waals surface area contributed by atoms with Crippen LogP contribution in [0, 0.1) is 6.92 Å². The topological polar surface area (TPSA) is 101 Å². The van der Waals surface area contributed by atoms with Gasteiger partial charge in [-0.2, -0.15) is 4.98 Å². The molecule has 2 N–H and O–H groups in total. The molecule has 0 bridgehead atoms. The predicted octanol–water partition coefficient (Wildman–Crippen LogP) is 4.70. The Kier molecular flexibility index (Phi) is 5.55. The Balaban J connectivity index is 1.55. The van der Waals surface area contributed by atoms with Gasteiger partial charge in [-0.05, 0) is 31.2 Å². The van der Waals surface area contributed by atoms with Crippen LogP contribution in [0.3, 0.4) is 0 Å². The van der Waals surface area contributed by atoms with Crippen LogP contribution in [0.2, 0.25) is 0 Å². The number of oxazole rings is 1. The van der Waals surface area contributed by atoms with Crippen LogP contribution in [0.1, 0.15) is 15.9 Å². The monoisotopic (exact) mass is 433 g/mol. The van der Waals surface area contributed by atoms with Gasteiger partial charge in [0.05, 0.1) is 16.1 Å². The van der Waals surface area contributed by atoms with Gasteiger partial charge in [-0.1, -0.05) is 60.2 Å². The maximum absolute atomic E-state index is 12.8. The number of nitrogens with one attached hydrogen (secondary N) is 2. The van der Waals surface area contributed by atoms with Gasteiger partial charge in [0.2, 0.25) is 0 Å². The van der Waals surface area contributed by atoms with Crippen molar-refractivity contribution in [2.24, 2.45) is 0 Å². The van der Waals surface area contributed by atoms with Gasteiger partial charge in [-0.25, -0.2) is 8.42 Å². The maximum Gasteiger partial charge on any atom is 0.302 e. The van der Waals surface area contributed by atoms with E-state index in [1.165, 1.54) is 30.5 Å². The SMILES string of the molecule is Cc1ccc(S(=O)(=O)Nc2ccccc2C(=O)Nc2nc(-c3ccccc3)co2)cc1. The molecule has 1 aromatic heterocycles. The van der Waals surface area contributed by atoms with Crippen LogP contribution < -0.4 is 10.0 Å². The number of hydrogen-bond donors (Lipinski definition) is 2. The fourth-order valence-corrected chi connectivity index (χ4v) is 4.01. The molecule has 0 saturated heterocycles. The van der Waals surface area contributed by atoms with E-state index in [9.17, 15) is 13.2 Å². The first-order valence-corrected chi connectivity index (χ1v) is 10.9. The molecule has 1 heterocycles. The number of carbonyl (C=O) groups excluding carboxylic acids is 1. The summed E-state index contributed by atoms with van der Waals surface area (Å²) in [6.07, 6.45) is 1.44. The normalized spacial score (nSPS) is 11.1. The second-order valence-corrected chi connectivity index (χ2v) is 8.50. The molecular weight excluding hydrogens is 414 g/mol. The molecule has 8 heteroatoms. The van der Waals surface area contributed by atoms with Crippen molar-refractivity contribution < 1.29 is 17.6 Å². The van der Waals surface area contributed by atoms with Gasteiger partial charge in [0.1, 0.15) is 12.0 Å². The molecular formula is C23H19N3O4S. The molecule has 1 amide bonds. The van der Waals surface area contributed by atoms with Gasteiger partial charge >= 0.3 is 6.01 Å². The number of nitrogens with zero attached hydrogens (tertiary/aromatic N) is 1. The summed E-state index contributed by atoms with van der Waals surface area (Å²) in [6.45, 7) is 1.87. The molecule has 31 heavy (non-hydrogen) atoms. The van der Waals surface area contributed by atoms with E-state index in [1.807, 2.05) is 37.3 Å². The average molecular weight is 433 g/mol. The number of amides is 1. The number of rotatable bonds is 6. The Morgan fingerprint density at radius 2 is 1.58 bits per heavy atom. The molecule has 4 rings (SSSR count). The number of sulfonamides is 1. The fraction of sp³-hybridized carbons (Fsp3) is 0.0435. The Hall–Kier alpha value is -3.91. The number of aromatic nitrogens is 1. The maximum atomic E-state index is 12.8. The Morgan fingerprint density at radius 3 is 2.32 bits per heavy atom. The van der Waals surface area contributed by atoms with Crippen molar-refractivity contribution in [1.82, 2.24) is 4.98 Å². The van der Waals surface area contributed by atoms with Crippen LogP contribution in [0.25, 0.3) is 11.3 Å². The Labute approximate surface area is 179 Å². The lowest BCUT2D eigenvalue weighted by atomic mass is 10.2. The highest BCUT2D eigenvalue weighted by molar-refractivity contribution is 7.92. The molecule has 7 nitrogen and oxygen atoms in total. The number of anilines is 2. The molecule has 3 aromatic carbocycles. The zero-order valence-corrected chi connectivity index (χ0v) is 17.4. The molecule has 0 aliphatic rings. The zero-order valence-electron chi connectivity index (χ0n) is 16.6. The van der Waals surface area contributed by atoms with E-state index < -0.39 is 15.9 Å². The van der Waals surface area contributed by atoms with Gasteiger partial charge in [0.15, 0.2) is 0 Å². The zero-order chi connectivity index (χ0) is 21.8. The lowest BCUT2D eigenvalue weighted by molar-refractivity contribution is 0.102. The second-order valence-electron chi connectivity index (χ2n) is 6.82. The molecule has 0 unspecified atom stereocenters. The first kappa shape index (κ1) is 20.4. The second kappa shape index (κ2) is 8.45. The van der Waals surface area contributed by atoms with Gasteiger partial charge < -0.3 is 4.42 Å². The van der Waals surface area contributed by atoms with Gasteiger partial charge in [-0.3, -0.25) is 14.8 Å². The summed E-state index contributed by atoms with van der Waals surface area (Å²) < 4.78 is 33.3. The average Bonchev–Trinajstić information content (AvgIpc) is 3.23. The van der Waals surface area contributed by atoms with Crippen LogP contribution in [-0.2, 0) is 10.0 Å². The number of hydrogen-bond acceptors (Lipinski definition) is 5. The number of carbonyl (C=O) groups is 1. The summed E-state index contributed by atoms with van der Waals surface area (Å²) in [5, 5.41) is 2.57. The highest BCUT2D eigenvalue weighted by atomic mass is 32.2. The number of benzene rings is 3. The first-order valence-electron chi connectivity index (χ1n) is 9.43. The minimum Gasteiger partial charge on any atom is -0.431 e. The summed E-state index contributed by atoms with van der Waals surface area (Å²) in [6, 6.07) is 22.2. The van der Waals surface area contributed by atoms with Crippen molar-refractivity contribution in [3.8, 4) is 11.3 Å². The van der Waals surface area contributed by atoms with Gasteiger partial charge in [-0.15, -0.1) is 0 Å². The molecule has 0 fully saturated rings. The van der Waals surface area contributed by atoms with Gasteiger partial charge in [0.25, 0.3) is 15.9 Å². The Bertz CT molecular complexity index is 1310. The van der Waals surface area contributed by atoms with Crippen LogP contribution in [-0.4, -0.2) is 19.3 Å². The van der Waals surface area contributed by atoms with Crippen LogP contribution in [0.5, 0.6) is 0 Å². The van der Waals surface area contributed by atoms with Gasteiger partial charge in [0, 0.05) is 5.56 Å². The van der Waals surface area contributed by atoms with E-state index in [2.05, 4.69) is 15.0 Å². The number of para-hydroxylation sites is 1. The predicted molar refractivity (Wildman–Crippen MR) is 118 cm³/mol. The van der Waals surface area contributed by atoms with E-state index in [1.54, 1.807) is 24.3 Å². The summed E-state index contributed by atoms with van der Waals surface area (Å²) in [7, 11) is -3.86. The standard InChI is InChI=1S/C23H19N3O4S/c1-16-11-13-18(14-12-16)31(28,29)26-20-10-6-5-9-19(20)22(27)25-23-24-21(15-30-23)17-7-3-2-4-8-17/h2-15,26H,1H3,(H,24,25,27). The molecule has 0 aliphatic heterocycles. The van der Waals surface area contributed by atoms with Crippen molar-refractivity contribution in [3.05, 3.63) is 96.3 Å². The van der Waals surface area contributed by atoms with Crippen molar-refractivity contribution in [1.29, 1.82) is 0 Å². The molecule has 4 aromatic rings. The van der Waals surface area contributed by atoms with E-state index >= 15 is 0 Å². The first-order chi connectivity index (χ1) is 14.9. The minimum atomic E-state index is -3.86. The summed E-state index contributed by atoms with van der Waals surface area (Å²) in [5.74, 6) is -0.552. The highest BCUT2D eigenvalue weighted by Crippen LogP contribution is 2.23. The molecule has 0 atom stereocenters. The smallest absolute Gasteiger partial charge is 0.302 e. The molecule has 0 radical (unpaired) electrons. The third-order valence-electron chi connectivity index (χ3n) is 4.54. The van der Waals surface area contributed by atoms with Crippen LogP contribution >= 0.6 is 0 Å². The third-order valence-corrected chi connectivity index (χ3v) is 5.92. The van der Waals surface area contributed by atoms with E-state index in [-0.39, 0.29) is 22.2 Å². The fourth-order valence-electron chi connectivity index (χ4n) is 2.93. The summed E-state index contributed by atoms with van der Waals surface area (Å²) >= 11 is 0. The quantitative estimate of drug-likeness (QED) is 0.459. The third kappa shape index (κ3) is 4.65. The summed E-state index contributed by atoms with van der Waals surface area (Å²) in [5.41, 5.74) is 2.65. The lowest BCUT2D eigenvalue weighted by Crippen LogP contribution is -2.18. The molecule has 0 saturated carbocycles. The van der Waals surface area contributed by atoms with Crippen LogP contribution in [0.15, 0.2) is 94.4 Å².